The fraction of sp³-hybridized carbons (Fsp3) is 0.333. The van der Waals surface area contributed by atoms with Crippen LogP contribution in [-0.4, -0.2) is 37.7 Å². The first-order valence-corrected chi connectivity index (χ1v) is 6.10. The number of nitrogens with one attached hydrogen (secondary N) is 1. The van der Waals surface area contributed by atoms with E-state index in [9.17, 15) is 18.0 Å². The van der Waals surface area contributed by atoms with Gasteiger partial charge in [0, 0.05) is 18.0 Å². The van der Waals surface area contributed by atoms with Crippen molar-refractivity contribution in [1.29, 1.82) is 0 Å². The molecule has 0 unspecified atom stereocenters. The van der Waals surface area contributed by atoms with E-state index in [1.54, 1.807) is 0 Å². The van der Waals surface area contributed by atoms with Crippen LogP contribution in [0.1, 0.15) is 6.42 Å². The first-order chi connectivity index (χ1) is 7.37. The number of aliphatic carboxylic acids is 1. The van der Waals surface area contributed by atoms with Crippen LogP contribution in [-0.2, 0) is 19.4 Å². The van der Waals surface area contributed by atoms with Crippen LogP contribution in [0.15, 0.2) is 24.1 Å². The molecule has 0 spiro atoms. The molecule has 0 saturated heterocycles. The highest BCUT2D eigenvalue weighted by Gasteiger charge is 2.04. The Morgan fingerprint density at radius 3 is 2.50 bits per heavy atom. The summed E-state index contributed by atoms with van der Waals surface area (Å²) in [5.41, 5.74) is 0. The molecule has 6 nitrogen and oxygen atoms in total. The molecule has 2 N–H and O–H groups in total. The topological polar surface area (TPSA) is 101 Å². The maximum absolute atomic E-state index is 11.1. The number of carboxylic acid groups (broad SMARTS) is 1. The van der Waals surface area contributed by atoms with E-state index in [2.05, 4.69) is 11.9 Å². The van der Waals surface area contributed by atoms with Gasteiger partial charge >= 0.3 is 5.97 Å². The first kappa shape index (κ1) is 14.4. The number of amides is 1. The lowest BCUT2D eigenvalue weighted by Gasteiger charge is -1.98. The summed E-state index contributed by atoms with van der Waals surface area (Å²) in [4.78, 5) is 21.1. The Labute approximate surface area is 93.6 Å². The van der Waals surface area contributed by atoms with Gasteiger partial charge in [-0.2, -0.15) is 0 Å². The average molecular weight is 247 g/mol. The number of carboxylic acids is 1. The molecular formula is C9H13NO5S. The van der Waals surface area contributed by atoms with Gasteiger partial charge in [0.2, 0.25) is 5.91 Å². The summed E-state index contributed by atoms with van der Waals surface area (Å²) in [5, 5.41) is 11.3. The first-order valence-electron chi connectivity index (χ1n) is 4.39. The van der Waals surface area contributed by atoms with Crippen LogP contribution in [0.4, 0.5) is 0 Å². The zero-order valence-electron chi connectivity index (χ0n) is 8.55. The summed E-state index contributed by atoms with van der Waals surface area (Å²) in [6, 6.07) is 0. The molecule has 16 heavy (non-hydrogen) atoms. The number of rotatable bonds is 7. The van der Waals surface area contributed by atoms with E-state index in [-0.39, 0.29) is 18.7 Å². The van der Waals surface area contributed by atoms with Crippen LogP contribution >= 0.6 is 0 Å². The highest BCUT2D eigenvalue weighted by molar-refractivity contribution is 7.94. The second-order valence-corrected chi connectivity index (χ2v) is 4.79. The molecule has 0 radical (unpaired) electrons. The van der Waals surface area contributed by atoms with E-state index in [1.807, 2.05) is 0 Å². The van der Waals surface area contributed by atoms with Gasteiger partial charge in [-0.05, 0) is 0 Å². The van der Waals surface area contributed by atoms with Crippen molar-refractivity contribution in [3.05, 3.63) is 24.1 Å². The molecule has 0 rings (SSSR count). The Hall–Kier alpha value is -1.63. The van der Waals surface area contributed by atoms with E-state index < -0.39 is 21.7 Å². The second kappa shape index (κ2) is 6.78. The Morgan fingerprint density at radius 1 is 1.38 bits per heavy atom. The SMILES string of the molecule is C=CCS(=O)(=O)C=CC(=O)NCCC(=O)O. The third-order valence-electron chi connectivity index (χ3n) is 1.42. The van der Waals surface area contributed by atoms with E-state index in [0.29, 0.717) is 0 Å². The van der Waals surface area contributed by atoms with Crippen LogP contribution in [0.5, 0.6) is 0 Å². The van der Waals surface area contributed by atoms with Crippen LogP contribution < -0.4 is 5.32 Å². The summed E-state index contributed by atoms with van der Waals surface area (Å²) in [6.45, 7) is 3.22. The van der Waals surface area contributed by atoms with Crippen LogP contribution in [0.3, 0.4) is 0 Å². The lowest BCUT2D eigenvalue weighted by molar-refractivity contribution is -0.136. The van der Waals surface area contributed by atoms with Gasteiger partial charge in [-0.3, -0.25) is 9.59 Å². The molecule has 0 bridgehead atoms. The Morgan fingerprint density at radius 2 is 2.00 bits per heavy atom. The van der Waals surface area contributed by atoms with E-state index in [4.69, 9.17) is 5.11 Å². The zero-order valence-corrected chi connectivity index (χ0v) is 9.37. The molecule has 0 aliphatic carbocycles. The summed E-state index contributed by atoms with van der Waals surface area (Å²) < 4.78 is 22.2. The Balaban J connectivity index is 4.09. The van der Waals surface area contributed by atoms with E-state index in [0.717, 1.165) is 11.5 Å². The minimum atomic E-state index is -3.44. The predicted octanol–water partition coefficient (Wildman–Crippen LogP) is -0.308. The van der Waals surface area contributed by atoms with Gasteiger partial charge in [-0.25, -0.2) is 8.42 Å². The van der Waals surface area contributed by atoms with Gasteiger partial charge in [-0.1, -0.05) is 6.08 Å². The molecule has 0 heterocycles. The standard InChI is InChI=1S/C9H13NO5S/c1-2-6-16(14,15)7-4-8(11)10-5-3-9(12)13/h2,4,7H,1,3,5-6H2,(H,10,11)(H,12,13). The molecule has 0 aliphatic rings. The average Bonchev–Trinajstić information content (AvgIpc) is 2.14. The highest BCUT2D eigenvalue weighted by Crippen LogP contribution is 1.92. The van der Waals surface area contributed by atoms with E-state index >= 15 is 0 Å². The van der Waals surface area contributed by atoms with Crippen molar-refractivity contribution in [1.82, 2.24) is 5.32 Å². The molecule has 0 aromatic carbocycles. The fourth-order valence-electron chi connectivity index (χ4n) is 0.737. The van der Waals surface area contributed by atoms with Crippen molar-refractivity contribution in [2.45, 2.75) is 6.42 Å². The molecule has 0 atom stereocenters. The van der Waals surface area contributed by atoms with Crippen molar-refractivity contribution in [2.75, 3.05) is 12.3 Å². The fourth-order valence-corrected chi connectivity index (χ4v) is 1.51. The number of carbonyl (C=O) groups is 2. The van der Waals surface area contributed by atoms with Crippen molar-refractivity contribution >= 4 is 21.7 Å². The lowest BCUT2D eigenvalue weighted by atomic mass is 10.4. The minimum absolute atomic E-state index is 0.0417. The maximum atomic E-state index is 11.1. The quantitative estimate of drug-likeness (QED) is 0.475. The third kappa shape index (κ3) is 7.74. The summed E-state index contributed by atoms with van der Waals surface area (Å²) in [5.74, 6) is -1.93. The summed E-state index contributed by atoms with van der Waals surface area (Å²) >= 11 is 0. The van der Waals surface area contributed by atoms with Crippen molar-refractivity contribution in [2.24, 2.45) is 0 Å². The van der Waals surface area contributed by atoms with Gasteiger partial charge in [0.15, 0.2) is 9.84 Å². The molecule has 0 fully saturated rings. The smallest absolute Gasteiger partial charge is 0.305 e. The number of carbonyl (C=O) groups excluding carboxylic acids is 1. The summed E-state index contributed by atoms with van der Waals surface area (Å²) in [7, 11) is -3.44. The van der Waals surface area contributed by atoms with Crippen molar-refractivity contribution in [3.8, 4) is 0 Å². The normalized spacial score (nSPS) is 11.2. The maximum Gasteiger partial charge on any atom is 0.305 e. The van der Waals surface area contributed by atoms with Crippen molar-refractivity contribution < 1.29 is 23.1 Å². The molecule has 1 amide bonds. The predicted molar refractivity (Wildman–Crippen MR) is 58.4 cm³/mol. The van der Waals surface area contributed by atoms with Gasteiger partial charge in [0.1, 0.15) is 0 Å². The highest BCUT2D eigenvalue weighted by atomic mass is 32.2. The van der Waals surface area contributed by atoms with Gasteiger partial charge < -0.3 is 10.4 Å². The largest absolute Gasteiger partial charge is 0.481 e. The van der Waals surface area contributed by atoms with Crippen LogP contribution in [0.2, 0.25) is 0 Å². The molecule has 0 aromatic heterocycles. The molecular weight excluding hydrogens is 234 g/mol. The minimum Gasteiger partial charge on any atom is -0.481 e. The zero-order chi connectivity index (χ0) is 12.6. The number of hydrogen-bond acceptors (Lipinski definition) is 4. The van der Waals surface area contributed by atoms with Gasteiger partial charge in [-0.15, -0.1) is 6.58 Å². The summed E-state index contributed by atoms with van der Waals surface area (Å²) in [6.07, 6.45) is 1.85. The Bertz CT molecular complexity index is 396. The number of hydrogen-bond donors (Lipinski definition) is 2. The van der Waals surface area contributed by atoms with Crippen molar-refractivity contribution in [3.63, 3.8) is 0 Å². The molecule has 0 saturated carbocycles. The molecule has 0 aromatic rings. The van der Waals surface area contributed by atoms with Crippen LogP contribution in [0.25, 0.3) is 0 Å². The lowest BCUT2D eigenvalue weighted by Crippen LogP contribution is -2.24. The molecule has 90 valence electrons. The van der Waals surface area contributed by atoms with Gasteiger partial charge in [0.25, 0.3) is 0 Å². The second-order valence-electron chi connectivity index (χ2n) is 2.86. The molecule has 0 aliphatic heterocycles. The van der Waals surface area contributed by atoms with Gasteiger partial charge in [0.05, 0.1) is 12.2 Å². The van der Waals surface area contributed by atoms with Crippen LogP contribution in [0, 0.1) is 0 Å². The molecule has 7 heteroatoms. The van der Waals surface area contributed by atoms with E-state index in [1.165, 1.54) is 6.08 Å². The monoisotopic (exact) mass is 247 g/mol. The number of sulfone groups is 1. The third-order valence-corrected chi connectivity index (χ3v) is 2.67. The Kier molecular flexibility index (Phi) is 6.09.